The lowest BCUT2D eigenvalue weighted by Gasteiger charge is -2.19. The van der Waals surface area contributed by atoms with E-state index in [9.17, 15) is 0 Å². The number of hydrogen-bond acceptors (Lipinski definition) is 3. The first-order chi connectivity index (χ1) is 4.10. The van der Waals surface area contributed by atoms with E-state index in [4.69, 9.17) is 5.73 Å². The minimum absolute atomic E-state index is 0.366. The van der Waals surface area contributed by atoms with E-state index in [1.165, 1.54) is 0 Å². The summed E-state index contributed by atoms with van der Waals surface area (Å²) in [5.74, 6) is 0. The third-order valence-corrected chi connectivity index (χ3v) is 1.11. The van der Waals surface area contributed by atoms with Crippen LogP contribution in [0.15, 0.2) is 16.9 Å². The first kappa shape index (κ1) is 6.29. The minimum Gasteiger partial charge on any atom is -0.318 e. The van der Waals surface area contributed by atoms with Gasteiger partial charge in [-0.25, -0.2) is 0 Å². The summed E-state index contributed by atoms with van der Waals surface area (Å²) in [7, 11) is 0. The Labute approximate surface area is 54.6 Å². The van der Waals surface area contributed by atoms with E-state index < -0.39 is 0 Å². The molecular formula is C6H11N3. The molecule has 0 fully saturated rings. The van der Waals surface area contributed by atoms with Crippen molar-refractivity contribution in [3.8, 4) is 0 Å². The Morgan fingerprint density at radius 3 is 2.78 bits per heavy atom. The SMILES string of the molecule is CC1=CC(C)(N)C=NN1. The molecule has 0 aromatic heterocycles. The molecule has 1 rings (SSSR count). The van der Waals surface area contributed by atoms with Crippen molar-refractivity contribution in [2.45, 2.75) is 19.4 Å². The largest absolute Gasteiger partial charge is 0.318 e. The van der Waals surface area contributed by atoms with Crippen LogP contribution in [-0.4, -0.2) is 11.8 Å². The second-order valence-electron chi connectivity index (χ2n) is 2.56. The number of nitrogens with zero attached hydrogens (tertiary/aromatic N) is 1. The summed E-state index contributed by atoms with van der Waals surface area (Å²) in [6, 6.07) is 0. The van der Waals surface area contributed by atoms with E-state index in [1.54, 1.807) is 6.21 Å². The third kappa shape index (κ3) is 1.54. The van der Waals surface area contributed by atoms with Crippen LogP contribution in [0.3, 0.4) is 0 Å². The smallest absolute Gasteiger partial charge is 0.0708 e. The van der Waals surface area contributed by atoms with Crippen LogP contribution in [0.5, 0.6) is 0 Å². The summed E-state index contributed by atoms with van der Waals surface area (Å²) < 4.78 is 0. The average molecular weight is 125 g/mol. The molecule has 0 amide bonds. The van der Waals surface area contributed by atoms with E-state index in [-0.39, 0.29) is 5.54 Å². The van der Waals surface area contributed by atoms with E-state index in [1.807, 2.05) is 19.9 Å². The zero-order valence-corrected chi connectivity index (χ0v) is 5.68. The fourth-order valence-electron chi connectivity index (χ4n) is 0.809. The lowest BCUT2D eigenvalue weighted by Crippen LogP contribution is -2.39. The number of nitrogens with two attached hydrogens (primary N) is 1. The Kier molecular flexibility index (Phi) is 1.29. The monoisotopic (exact) mass is 125 g/mol. The summed E-state index contributed by atoms with van der Waals surface area (Å²) in [5.41, 5.74) is 9.13. The lowest BCUT2D eigenvalue weighted by molar-refractivity contribution is 0.724. The highest BCUT2D eigenvalue weighted by Gasteiger charge is 2.14. The average Bonchev–Trinajstić information content (AvgIpc) is 1.60. The van der Waals surface area contributed by atoms with Crippen molar-refractivity contribution >= 4 is 6.21 Å². The van der Waals surface area contributed by atoms with Crippen LogP contribution in [0.2, 0.25) is 0 Å². The highest BCUT2D eigenvalue weighted by atomic mass is 15.3. The Morgan fingerprint density at radius 2 is 2.44 bits per heavy atom. The maximum absolute atomic E-state index is 5.70. The Balaban J connectivity index is 2.78. The number of nitrogens with one attached hydrogen (secondary N) is 1. The number of hydrogen-bond donors (Lipinski definition) is 2. The molecule has 50 valence electrons. The molecule has 1 aliphatic heterocycles. The molecule has 3 N–H and O–H groups in total. The predicted molar refractivity (Wildman–Crippen MR) is 38.0 cm³/mol. The molecule has 3 heteroatoms. The maximum atomic E-state index is 5.70. The fraction of sp³-hybridized carbons (Fsp3) is 0.500. The van der Waals surface area contributed by atoms with Crippen LogP contribution in [0.1, 0.15) is 13.8 Å². The zero-order chi connectivity index (χ0) is 6.91. The van der Waals surface area contributed by atoms with Gasteiger partial charge in [0.15, 0.2) is 0 Å². The highest BCUT2D eigenvalue weighted by molar-refractivity contribution is 5.73. The third-order valence-electron chi connectivity index (χ3n) is 1.11. The van der Waals surface area contributed by atoms with Crippen molar-refractivity contribution in [1.29, 1.82) is 0 Å². The molecule has 0 aliphatic carbocycles. The molecule has 1 heterocycles. The Morgan fingerprint density at radius 1 is 1.78 bits per heavy atom. The molecule has 0 bridgehead atoms. The molecule has 0 aromatic carbocycles. The van der Waals surface area contributed by atoms with E-state index in [0.717, 1.165) is 5.70 Å². The molecule has 0 radical (unpaired) electrons. The van der Waals surface area contributed by atoms with Crippen LogP contribution in [0.25, 0.3) is 0 Å². The van der Waals surface area contributed by atoms with Gasteiger partial charge < -0.3 is 5.73 Å². The van der Waals surface area contributed by atoms with Crippen LogP contribution >= 0.6 is 0 Å². The van der Waals surface area contributed by atoms with Crippen LogP contribution in [0, 0.1) is 0 Å². The van der Waals surface area contributed by atoms with Crippen LogP contribution in [0.4, 0.5) is 0 Å². The van der Waals surface area contributed by atoms with Gasteiger partial charge in [0.05, 0.1) is 5.54 Å². The van der Waals surface area contributed by atoms with Crippen molar-refractivity contribution in [2.24, 2.45) is 10.8 Å². The van der Waals surface area contributed by atoms with Crippen LogP contribution in [-0.2, 0) is 0 Å². The minimum atomic E-state index is -0.366. The molecular weight excluding hydrogens is 114 g/mol. The van der Waals surface area contributed by atoms with Gasteiger partial charge in [-0.2, -0.15) is 5.10 Å². The maximum Gasteiger partial charge on any atom is 0.0708 e. The topological polar surface area (TPSA) is 50.4 Å². The number of rotatable bonds is 0. The predicted octanol–water partition coefficient (Wildman–Crippen LogP) is 0.197. The van der Waals surface area contributed by atoms with Gasteiger partial charge in [0.2, 0.25) is 0 Å². The second kappa shape index (κ2) is 1.84. The van der Waals surface area contributed by atoms with Gasteiger partial charge in [-0.15, -0.1) is 0 Å². The summed E-state index contributed by atoms with van der Waals surface area (Å²) in [5, 5.41) is 3.84. The van der Waals surface area contributed by atoms with E-state index in [2.05, 4.69) is 10.5 Å². The van der Waals surface area contributed by atoms with Gasteiger partial charge in [-0.1, -0.05) is 0 Å². The quantitative estimate of drug-likeness (QED) is 0.485. The molecule has 0 saturated carbocycles. The van der Waals surface area contributed by atoms with E-state index >= 15 is 0 Å². The normalized spacial score (nSPS) is 33.4. The van der Waals surface area contributed by atoms with Gasteiger partial charge in [-0.3, -0.25) is 5.43 Å². The number of allylic oxidation sites excluding steroid dienone is 1. The first-order valence-corrected chi connectivity index (χ1v) is 2.89. The lowest BCUT2D eigenvalue weighted by atomic mass is 10.0. The number of hydrazone groups is 1. The standard InChI is InChI=1S/C6H11N3/c1-5-3-6(2,7)4-8-9-5/h3-4,9H,7H2,1-2H3. The molecule has 9 heavy (non-hydrogen) atoms. The van der Waals surface area contributed by atoms with Crippen molar-refractivity contribution < 1.29 is 0 Å². The van der Waals surface area contributed by atoms with Crippen molar-refractivity contribution in [3.05, 3.63) is 11.8 Å². The molecule has 1 aliphatic rings. The molecule has 0 spiro atoms. The molecule has 1 unspecified atom stereocenters. The molecule has 0 aromatic rings. The zero-order valence-electron chi connectivity index (χ0n) is 5.68. The summed E-state index contributed by atoms with van der Waals surface area (Å²) >= 11 is 0. The van der Waals surface area contributed by atoms with Gasteiger partial charge in [0.25, 0.3) is 0 Å². The first-order valence-electron chi connectivity index (χ1n) is 2.89. The van der Waals surface area contributed by atoms with E-state index in [0.29, 0.717) is 0 Å². The van der Waals surface area contributed by atoms with Gasteiger partial charge in [-0.05, 0) is 19.9 Å². The summed E-state index contributed by atoms with van der Waals surface area (Å²) in [6.07, 6.45) is 3.61. The van der Waals surface area contributed by atoms with Crippen molar-refractivity contribution in [1.82, 2.24) is 5.43 Å². The van der Waals surface area contributed by atoms with Gasteiger partial charge in [0.1, 0.15) is 0 Å². The molecule has 3 nitrogen and oxygen atoms in total. The molecule has 1 atom stereocenters. The highest BCUT2D eigenvalue weighted by Crippen LogP contribution is 2.04. The van der Waals surface area contributed by atoms with Crippen LogP contribution < -0.4 is 11.2 Å². The van der Waals surface area contributed by atoms with Gasteiger partial charge in [0, 0.05) is 11.9 Å². The second-order valence-corrected chi connectivity index (χ2v) is 2.56. The summed E-state index contributed by atoms with van der Waals surface area (Å²) in [6.45, 7) is 3.84. The fourth-order valence-corrected chi connectivity index (χ4v) is 0.809. The molecule has 0 saturated heterocycles. The van der Waals surface area contributed by atoms with Gasteiger partial charge >= 0.3 is 0 Å². The summed E-state index contributed by atoms with van der Waals surface area (Å²) in [4.78, 5) is 0. The van der Waals surface area contributed by atoms with Crippen molar-refractivity contribution in [2.75, 3.05) is 0 Å². The Bertz CT molecular complexity index is 167. The Hall–Kier alpha value is -0.830. The van der Waals surface area contributed by atoms with Crippen molar-refractivity contribution in [3.63, 3.8) is 0 Å².